The van der Waals surface area contributed by atoms with Crippen LogP contribution < -0.4 is 9.47 Å². The Labute approximate surface area is 194 Å². The molecular weight excluding hydrogens is 449 g/mol. The van der Waals surface area contributed by atoms with Gasteiger partial charge in [-0.05, 0) is 71.8 Å². The number of fused-ring (bicyclic) bond motifs is 1. The van der Waals surface area contributed by atoms with Crippen molar-refractivity contribution in [1.82, 2.24) is 0 Å². The van der Waals surface area contributed by atoms with E-state index in [0.29, 0.717) is 35.1 Å². The van der Waals surface area contributed by atoms with Gasteiger partial charge in [-0.15, -0.1) is 8.78 Å². The minimum Gasteiger partial charge on any atom is -0.478 e. The van der Waals surface area contributed by atoms with Gasteiger partial charge in [-0.1, -0.05) is 30.3 Å². The summed E-state index contributed by atoms with van der Waals surface area (Å²) >= 11 is 0. The third kappa shape index (κ3) is 3.79. The fourth-order valence-corrected chi connectivity index (χ4v) is 4.40. The van der Waals surface area contributed by atoms with E-state index in [9.17, 15) is 27.9 Å². The first kappa shape index (κ1) is 22.0. The number of benzene rings is 3. The summed E-state index contributed by atoms with van der Waals surface area (Å²) in [7, 11) is 0. The Balaban J connectivity index is 0.00000289. The van der Waals surface area contributed by atoms with Crippen molar-refractivity contribution in [3.8, 4) is 22.6 Å². The average Bonchev–Trinajstić information content (AvgIpc) is 3.52. The van der Waals surface area contributed by atoms with E-state index in [0.717, 1.165) is 11.6 Å². The highest BCUT2D eigenvalue weighted by Crippen LogP contribution is 2.52. The molecular formula is C26H21F3O5. The molecule has 0 spiro atoms. The summed E-state index contributed by atoms with van der Waals surface area (Å²) in [5, 5.41) is 9.23. The largest absolute Gasteiger partial charge is 0.586 e. The number of aromatic carboxylic acids is 1. The van der Waals surface area contributed by atoms with Crippen molar-refractivity contribution in [3.05, 3.63) is 82.7 Å². The number of carbonyl (C=O) groups excluding carboxylic acids is 1. The van der Waals surface area contributed by atoms with E-state index >= 15 is 0 Å². The van der Waals surface area contributed by atoms with Gasteiger partial charge in [-0.3, -0.25) is 4.79 Å². The first-order valence-corrected chi connectivity index (χ1v) is 10.6. The van der Waals surface area contributed by atoms with Gasteiger partial charge in [-0.2, -0.15) is 0 Å². The van der Waals surface area contributed by atoms with E-state index in [2.05, 4.69) is 9.47 Å². The lowest BCUT2D eigenvalue weighted by molar-refractivity contribution is -0.286. The summed E-state index contributed by atoms with van der Waals surface area (Å²) in [5.74, 6) is -2.40. The summed E-state index contributed by atoms with van der Waals surface area (Å²) in [4.78, 5) is 24.6. The first-order chi connectivity index (χ1) is 16.1. The van der Waals surface area contributed by atoms with Crippen LogP contribution >= 0.6 is 0 Å². The molecule has 1 heterocycles. The van der Waals surface area contributed by atoms with Crippen LogP contribution in [0.25, 0.3) is 11.1 Å². The number of halogens is 3. The topological polar surface area (TPSA) is 72.8 Å². The molecule has 1 fully saturated rings. The van der Waals surface area contributed by atoms with E-state index < -0.39 is 29.1 Å². The Hall–Kier alpha value is -3.81. The van der Waals surface area contributed by atoms with Gasteiger partial charge in [0.25, 0.3) is 0 Å². The van der Waals surface area contributed by atoms with Crippen molar-refractivity contribution in [1.29, 1.82) is 0 Å². The maximum atomic E-state index is 13.8. The molecule has 5 nitrogen and oxygen atoms in total. The molecule has 3 aromatic rings. The van der Waals surface area contributed by atoms with Crippen LogP contribution in [-0.4, -0.2) is 23.2 Å². The second-order valence-electron chi connectivity index (χ2n) is 8.66. The minimum absolute atomic E-state index is 0. The molecule has 3 aromatic carbocycles. The maximum absolute atomic E-state index is 13.8. The fraction of sp³-hybridized carbons (Fsp3) is 0.231. The highest BCUT2D eigenvalue weighted by Gasteiger charge is 2.52. The normalized spacial score (nSPS) is 16.8. The minimum atomic E-state index is -3.72. The molecule has 0 radical (unpaired) electrons. The third-order valence-corrected chi connectivity index (χ3v) is 6.41. The predicted molar refractivity (Wildman–Crippen MR) is 118 cm³/mol. The zero-order chi connectivity index (χ0) is 24.3. The van der Waals surface area contributed by atoms with Gasteiger partial charge < -0.3 is 14.6 Å². The summed E-state index contributed by atoms with van der Waals surface area (Å²) < 4.78 is 49.5. The van der Waals surface area contributed by atoms with Crippen molar-refractivity contribution >= 4 is 11.8 Å². The molecule has 176 valence electrons. The molecule has 1 N–H and O–H groups in total. The Bertz CT molecular complexity index is 1350. The van der Waals surface area contributed by atoms with Crippen molar-refractivity contribution < 1.29 is 38.8 Å². The molecule has 0 atom stereocenters. The lowest BCUT2D eigenvalue weighted by atomic mass is 9.86. The molecule has 0 amide bonds. The molecule has 34 heavy (non-hydrogen) atoms. The predicted octanol–water partition coefficient (Wildman–Crippen LogP) is 5.91. The molecule has 8 heteroatoms. The number of hydrogen-bond donors (Lipinski definition) is 1. The van der Waals surface area contributed by atoms with Gasteiger partial charge in [0.1, 0.15) is 11.6 Å². The Kier molecular flexibility index (Phi) is 4.93. The van der Waals surface area contributed by atoms with Gasteiger partial charge >= 0.3 is 12.3 Å². The molecule has 1 aliphatic heterocycles. The quantitative estimate of drug-likeness (QED) is 0.485. The monoisotopic (exact) mass is 470 g/mol. The number of ketones is 1. The third-order valence-electron chi connectivity index (χ3n) is 6.41. The van der Waals surface area contributed by atoms with E-state index in [1.807, 2.05) is 19.1 Å². The fourth-order valence-electron chi connectivity index (χ4n) is 4.40. The van der Waals surface area contributed by atoms with Crippen LogP contribution in [0.2, 0.25) is 0 Å². The standard InChI is InChI=1S/C26H19F3O5.H2/c1-14-2-3-15(10-18(14)16-4-6-20(27)19(12-16)24(31)32)11-23(30)25(8-9-25)17-5-7-21-22(13-17)34-26(28,29)33-21;/h2-7,10,12-13H,8-9,11H2,1H3,(H,31,32);1H. The van der Waals surface area contributed by atoms with Gasteiger partial charge in [0, 0.05) is 7.85 Å². The summed E-state index contributed by atoms with van der Waals surface area (Å²) in [6, 6.07) is 13.8. The second-order valence-corrected chi connectivity index (χ2v) is 8.66. The van der Waals surface area contributed by atoms with Crippen LogP contribution in [0.4, 0.5) is 13.2 Å². The molecule has 0 saturated heterocycles. The number of Topliss-reactive ketones (excluding diaryl/α,β-unsaturated/α-hetero) is 1. The van der Waals surface area contributed by atoms with Gasteiger partial charge in [-0.25, -0.2) is 9.18 Å². The number of ether oxygens (including phenoxy) is 2. The highest BCUT2D eigenvalue weighted by atomic mass is 19.3. The summed E-state index contributed by atoms with van der Waals surface area (Å²) in [5.41, 5.74) is 2.19. The smallest absolute Gasteiger partial charge is 0.478 e. The van der Waals surface area contributed by atoms with Crippen LogP contribution in [0.5, 0.6) is 11.5 Å². The number of aryl methyl sites for hydroxylation is 1. The van der Waals surface area contributed by atoms with Crippen LogP contribution in [0.3, 0.4) is 0 Å². The molecule has 5 rings (SSSR count). The van der Waals surface area contributed by atoms with E-state index in [1.165, 1.54) is 24.3 Å². The highest BCUT2D eigenvalue weighted by molar-refractivity contribution is 5.95. The number of carboxylic acids is 1. The zero-order valence-electron chi connectivity index (χ0n) is 18.0. The number of alkyl halides is 2. The molecule has 2 aliphatic rings. The molecule has 0 aromatic heterocycles. The Morgan fingerprint density at radius 2 is 1.74 bits per heavy atom. The van der Waals surface area contributed by atoms with Crippen molar-refractivity contribution in [2.75, 3.05) is 0 Å². The number of carboxylic acid groups (broad SMARTS) is 1. The Morgan fingerprint density at radius 1 is 1.00 bits per heavy atom. The Morgan fingerprint density at radius 3 is 2.44 bits per heavy atom. The molecule has 0 bridgehead atoms. The number of rotatable bonds is 6. The zero-order valence-corrected chi connectivity index (χ0v) is 18.0. The van der Waals surface area contributed by atoms with Gasteiger partial charge in [0.15, 0.2) is 11.5 Å². The van der Waals surface area contributed by atoms with Crippen molar-refractivity contribution in [3.63, 3.8) is 0 Å². The van der Waals surface area contributed by atoms with E-state index in [1.54, 1.807) is 12.1 Å². The van der Waals surface area contributed by atoms with Crippen LogP contribution in [0.1, 0.15) is 41.3 Å². The van der Waals surface area contributed by atoms with Crippen LogP contribution in [-0.2, 0) is 16.6 Å². The molecule has 1 saturated carbocycles. The first-order valence-electron chi connectivity index (χ1n) is 10.6. The lowest BCUT2D eigenvalue weighted by Crippen LogP contribution is -2.26. The van der Waals surface area contributed by atoms with Crippen LogP contribution in [0.15, 0.2) is 54.6 Å². The number of hydrogen-bond acceptors (Lipinski definition) is 4. The van der Waals surface area contributed by atoms with Crippen molar-refractivity contribution in [2.24, 2.45) is 0 Å². The van der Waals surface area contributed by atoms with E-state index in [4.69, 9.17) is 0 Å². The summed E-state index contributed by atoms with van der Waals surface area (Å²) in [6.07, 6.45) is -2.42. The van der Waals surface area contributed by atoms with Crippen LogP contribution in [0, 0.1) is 12.7 Å². The van der Waals surface area contributed by atoms with Gasteiger partial charge in [0.2, 0.25) is 0 Å². The lowest BCUT2D eigenvalue weighted by Gasteiger charge is -2.16. The molecule has 1 aliphatic carbocycles. The second kappa shape index (κ2) is 7.62. The molecule has 0 unspecified atom stereocenters. The van der Waals surface area contributed by atoms with Gasteiger partial charge in [0.05, 0.1) is 11.0 Å². The average molecular weight is 470 g/mol. The number of carbonyl (C=O) groups is 2. The SMILES string of the molecule is Cc1ccc(CC(=O)C2(c3ccc4c(c3)OC(F)(F)O4)CC2)cc1-c1ccc(F)c(C(=O)O)c1.[HH]. The summed E-state index contributed by atoms with van der Waals surface area (Å²) in [6.45, 7) is 1.84. The van der Waals surface area contributed by atoms with Crippen molar-refractivity contribution in [2.45, 2.75) is 37.9 Å². The maximum Gasteiger partial charge on any atom is 0.586 e. The van der Waals surface area contributed by atoms with E-state index in [-0.39, 0.29) is 25.1 Å².